The van der Waals surface area contributed by atoms with Crippen molar-refractivity contribution in [3.63, 3.8) is 0 Å². The number of rotatable bonds is 9. The number of aliphatic hydroxyl groups excluding tert-OH is 4. The second-order valence-electron chi connectivity index (χ2n) is 13.3. The highest BCUT2D eigenvalue weighted by atomic mass is 16.5. The van der Waals surface area contributed by atoms with Crippen LogP contribution in [0.4, 0.5) is 0 Å². The predicted octanol–water partition coefficient (Wildman–Crippen LogP) is 7.05. The molecule has 0 bridgehead atoms. The maximum absolute atomic E-state index is 10.2. The Labute approximate surface area is 378 Å². The van der Waals surface area contributed by atoms with Crippen LogP contribution in [0.3, 0.4) is 0 Å². The third-order valence-electron chi connectivity index (χ3n) is 8.86. The maximum atomic E-state index is 10.2. The molecule has 64 heavy (non-hydrogen) atoms. The van der Waals surface area contributed by atoms with Crippen LogP contribution in [0, 0.1) is 82.9 Å². The van der Waals surface area contributed by atoms with E-state index in [2.05, 4.69) is 82.9 Å². The molecule has 1 heterocycles. The van der Waals surface area contributed by atoms with E-state index in [9.17, 15) is 10.2 Å². The molecule has 0 atom stereocenters. The van der Waals surface area contributed by atoms with E-state index in [-0.39, 0.29) is 26.4 Å². The van der Waals surface area contributed by atoms with Crippen LogP contribution in [0.5, 0.6) is 0 Å². The Morgan fingerprint density at radius 1 is 0.438 bits per heavy atom. The Morgan fingerprint density at radius 3 is 1.33 bits per heavy atom. The lowest BCUT2D eigenvalue weighted by molar-refractivity contribution is 0.134. The molecule has 6 rings (SSSR count). The fourth-order valence-electron chi connectivity index (χ4n) is 5.99. The van der Waals surface area contributed by atoms with E-state index in [1.165, 1.54) is 0 Å². The van der Waals surface area contributed by atoms with E-state index in [4.69, 9.17) is 24.4 Å². The van der Waals surface area contributed by atoms with Crippen molar-refractivity contribution in [3.8, 4) is 94.0 Å². The number of hydrogen-bond acceptors (Lipinski definition) is 7. The van der Waals surface area contributed by atoms with E-state index in [0.717, 1.165) is 69.3 Å². The van der Waals surface area contributed by atoms with Crippen molar-refractivity contribution in [1.82, 2.24) is 0 Å². The summed E-state index contributed by atoms with van der Waals surface area (Å²) < 4.78 is 16.4. The molecule has 320 valence electrons. The molecule has 0 unspecified atom stereocenters. The quantitative estimate of drug-likeness (QED) is 0.0932. The summed E-state index contributed by atoms with van der Waals surface area (Å²) in [6.45, 7) is 1.61. The lowest BCUT2D eigenvalue weighted by atomic mass is 9.85. The van der Waals surface area contributed by atoms with Gasteiger partial charge in [-0.1, -0.05) is 156 Å². The monoisotopic (exact) mass is 846 g/mol. The highest BCUT2D eigenvalue weighted by molar-refractivity contribution is 5.77. The van der Waals surface area contributed by atoms with Crippen molar-refractivity contribution in [3.05, 3.63) is 166 Å². The minimum atomic E-state index is -0.171. The molecule has 7 heteroatoms. The second-order valence-corrected chi connectivity index (χ2v) is 13.3. The maximum Gasteiger partial charge on any atom is 0.110 e. The lowest BCUT2D eigenvalue weighted by Gasteiger charge is -2.19. The van der Waals surface area contributed by atoms with Crippen LogP contribution in [0.15, 0.2) is 121 Å². The number of benzene rings is 5. The molecule has 4 N–H and O–H groups in total. The van der Waals surface area contributed by atoms with Gasteiger partial charge < -0.3 is 34.6 Å². The zero-order chi connectivity index (χ0) is 45.1. The summed E-state index contributed by atoms with van der Waals surface area (Å²) in [5.41, 5.74) is 9.29. The Kier molecular flexibility index (Phi) is 24.4. The fraction of sp³-hybridized carbons (Fsp3) is 0.228. The van der Waals surface area contributed by atoms with Gasteiger partial charge in [0.1, 0.15) is 39.6 Å². The van der Waals surface area contributed by atoms with Gasteiger partial charge in [0.05, 0.1) is 26.4 Å². The summed E-state index contributed by atoms with van der Waals surface area (Å²) in [6.07, 6.45) is 2.39. The summed E-state index contributed by atoms with van der Waals surface area (Å²) >= 11 is 0. The molecule has 0 aliphatic carbocycles. The Hall–Kier alpha value is -7.26. The van der Waals surface area contributed by atoms with Crippen molar-refractivity contribution < 1.29 is 34.6 Å². The number of hydrogen-bond donors (Lipinski definition) is 4. The molecular weight excluding hydrogens is 797 g/mol. The standard InChI is InChI=1S/C29H26O3.C24H18O2.C4H6O2/c30-18-25-24(17-11-3-1-2-6-12-22-13-7-4-8-14-22)27-20-32-21-28(27)29(26(25)19-31)23-15-9-5-10-16-23;1(9-19-25-21-11-17-23-13-5-3-6-14-23)2-10-20-26-22-12-18-24-15-7-4-8-16-24;5-3-1-2-4-6/h4-5,7-10,13-16,30-31H,1-3,18-21H2;3-8,13-16H,19-22H2;5-6H,3-4H2. The summed E-state index contributed by atoms with van der Waals surface area (Å²) in [5.74, 6) is 40.3. The smallest absolute Gasteiger partial charge is 0.110 e. The van der Waals surface area contributed by atoms with E-state index >= 15 is 0 Å². The van der Waals surface area contributed by atoms with Crippen LogP contribution < -0.4 is 0 Å². The van der Waals surface area contributed by atoms with Crippen molar-refractivity contribution in [2.24, 2.45) is 0 Å². The highest BCUT2D eigenvalue weighted by Gasteiger charge is 2.26. The molecule has 0 spiro atoms. The van der Waals surface area contributed by atoms with Crippen LogP contribution in [0.25, 0.3) is 11.1 Å². The van der Waals surface area contributed by atoms with Gasteiger partial charge >= 0.3 is 0 Å². The zero-order valence-corrected chi connectivity index (χ0v) is 35.8. The second kappa shape index (κ2) is 31.6. The minimum absolute atomic E-state index is 0.156. The van der Waals surface area contributed by atoms with Gasteiger partial charge in [-0.3, -0.25) is 0 Å². The zero-order valence-electron chi connectivity index (χ0n) is 35.8. The topological polar surface area (TPSA) is 109 Å². The first-order valence-corrected chi connectivity index (χ1v) is 20.6. The Balaban J connectivity index is 0.000000253. The molecule has 5 aromatic carbocycles. The fourth-order valence-corrected chi connectivity index (χ4v) is 5.99. The van der Waals surface area contributed by atoms with Crippen LogP contribution in [0.2, 0.25) is 0 Å². The first-order valence-electron chi connectivity index (χ1n) is 20.6. The predicted molar refractivity (Wildman–Crippen MR) is 252 cm³/mol. The van der Waals surface area contributed by atoms with Crippen LogP contribution in [-0.2, 0) is 40.6 Å². The van der Waals surface area contributed by atoms with Crippen LogP contribution in [0.1, 0.15) is 63.8 Å². The van der Waals surface area contributed by atoms with E-state index in [1.54, 1.807) is 0 Å². The highest BCUT2D eigenvalue weighted by Crippen LogP contribution is 2.39. The molecule has 0 fully saturated rings. The first-order chi connectivity index (χ1) is 31.7. The van der Waals surface area contributed by atoms with Gasteiger partial charge in [0.2, 0.25) is 0 Å². The molecule has 0 radical (unpaired) electrons. The molecule has 1 aliphatic rings. The molecule has 7 nitrogen and oxygen atoms in total. The molecular formula is C57H50O7. The van der Waals surface area contributed by atoms with Gasteiger partial charge in [-0.2, -0.15) is 0 Å². The Morgan fingerprint density at radius 2 is 0.859 bits per heavy atom. The van der Waals surface area contributed by atoms with Gasteiger partial charge in [0.15, 0.2) is 0 Å². The molecule has 0 saturated heterocycles. The van der Waals surface area contributed by atoms with Crippen molar-refractivity contribution >= 4 is 0 Å². The normalized spacial score (nSPS) is 9.94. The van der Waals surface area contributed by atoms with Gasteiger partial charge in [0.25, 0.3) is 0 Å². The van der Waals surface area contributed by atoms with Crippen molar-refractivity contribution in [2.75, 3.05) is 39.6 Å². The largest absolute Gasteiger partial charge is 0.392 e. The third kappa shape index (κ3) is 18.4. The lowest BCUT2D eigenvalue weighted by Crippen LogP contribution is -2.07. The number of fused-ring (bicyclic) bond motifs is 1. The van der Waals surface area contributed by atoms with Crippen molar-refractivity contribution in [1.29, 1.82) is 0 Å². The number of ether oxygens (including phenoxy) is 3. The van der Waals surface area contributed by atoms with Gasteiger partial charge in [-0.25, -0.2) is 0 Å². The molecule has 5 aromatic rings. The molecule has 1 aliphatic heterocycles. The van der Waals surface area contributed by atoms with E-state index in [0.29, 0.717) is 45.2 Å². The van der Waals surface area contributed by atoms with Crippen LogP contribution >= 0.6 is 0 Å². The first kappa shape index (κ1) is 49.4. The number of aliphatic hydroxyl groups is 4. The summed E-state index contributed by atoms with van der Waals surface area (Å²) in [6, 6.07) is 39.5. The summed E-state index contributed by atoms with van der Waals surface area (Å²) in [4.78, 5) is 0. The number of unbranched alkanes of at least 4 members (excludes halogenated alkanes) is 2. The summed E-state index contributed by atoms with van der Waals surface area (Å²) in [5, 5.41) is 36.2. The molecule has 0 saturated carbocycles. The molecule has 0 aromatic heterocycles. The van der Waals surface area contributed by atoms with Crippen molar-refractivity contribution in [2.45, 2.75) is 45.7 Å². The summed E-state index contributed by atoms with van der Waals surface area (Å²) in [7, 11) is 0. The average molecular weight is 847 g/mol. The molecule has 0 amide bonds. The van der Waals surface area contributed by atoms with Gasteiger partial charge in [-0.15, -0.1) is 0 Å². The average Bonchev–Trinajstić information content (AvgIpc) is 3.84. The minimum Gasteiger partial charge on any atom is -0.392 e. The SMILES string of the molecule is C(C#CCOCC#Cc1ccccc1)#CCOCC#Cc1ccccc1.OCC#CCO.OCc1c(C#CCCCC#Cc2ccccc2)c2c(c(-c3ccccc3)c1CO)COC2. The van der Waals surface area contributed by atoms with E-state index in [1.807, 2.05) is 121 Å². The van der Waals surface area contributed by atoms with Gasteiger partial charge in [0, 0.05) is 35.1 Å². The van der Waals surface area contributed by atoms with E-state index < -0.39 is 0 Å². The van der Waals surface area contributed by atoms with Gasteiger partial charge in [-0.05, 0) is 88.0 Å². The van der Waals surface area contributed by atoms with Crippen LogP contribution in [-0.4, -0.2) is 60.1 Å². The third-order valence-corrected chi connectivity index (χ3v) is 8.86. The Bertz CT molecular complexity index is 2540.